The fourth-order valence-corrected chi connectivity index (χ4v) is 2.51. The van der Waals surface area contributed by atoms with Gasteiger partial charge in [0.25, 0.3) is 0 Å². The third-order valence-electron chi connectivity index (χ3n) is 3.56. The van der Waals surface area contributed by atoms with Gasteiger partial charge in [-0.2, -0.15) is 4.98 Å². The van der Waals surface area contributed by atoms with Crippen LogP contribution in [0.5, 0.6) is 0 Å². The van der Waals surface area contributed by atoms with Crippen molar-refractivity contribution in [2.24, 2.45) is 5.41 Å². The number of hydrogen-bond donors (Lipinski definition) is 1. The van der Waals surface area contributed by atoms with Gasteiger partial charge in [0.1, 0.15) is 0 Å². The lowest BCUT2D eigenvalue weighted by molar-refractivity contribution is 0.255. The highest BCUT2D eigenvalue weighted by atomic mass is 79.9. The van der Waals surface area contributed by atoms with Crippen molar-refractivity contribution in [2.75, 3.05) is 7.05 Å². The Labute approximate surface area is 134 Å². The number of hydrogen-bond acceptors (Lipinski definition) is 4. The maximum absolute atomic E-state index is 5.38. The quantitative estimate of drug-likeness (QED) is 0.893. The van der Waals surface area contributed by atoms with Gasteiger partial charge in [-0.3, -0.25) is 0 Å². The van der Waals surface area contributed by atoms with Gasteiger partial charge in [0.15, 0.2) is 5.82 Å². The van der Waals surface area contributed by atoms with Crippen LogP contribution < -0.4 is 5.32 Å². The number of aromatic nitrogens is 2. The van der Waals surface area contributed by atoms with Crippen molar-refractivity contribution in [3.63, 3.8) is 0 Å². The van der Waals surface area contributed by atoms with E-state index in [0.717, 1.165) is 16.7 Å². The molecule has 0 fully saturated rings. The standard InChI is InChI=1S/C16H22BrN3O/c1-16(2,3)13(18-4)10-15-19-14(20-21-15)9-11-5-7-12(17)8-6-11/h5-8,13,18H,9-10H2,1-4H3. The highest BCUT2D eigenvalue weighted by Gasteiger charge is 2.25. The minimum Gasteiger partial charge on any atom is -0.339 e. The molecule has 0 amide bonds. The second kappa shape index (κ2) is 6.71. The number of nitrogens with zero attached hydrogens (tertiary/aromatic N) is 2. The van der Waals surface area contributed by atoms with E-state index in [-0.39, 0.29) is 5.41 Å². The highest BCUT2D eigenvalue weighted by molar-refractivity contribution is 9.10. The zero-order valence-corrected chi connectivity index (χ0v) is 14.6. The van der Waals surface area contributed by atoms with Crippen molar-refractivity contribution in [1.82, 2.24) is 15.5 Å². The predicted octanol–water partition coefficient (Wildman–Crippen LogP) is 3.60. The van der Waals surface area contributed by atoms with E-state index in [0.29, 0.717) is 18.4 Å². The zero-order valence-electron chi connectivity index (χ0n) is 13.0. The lowest BCUT2D eigenvalue weighted by Crippen LogP contribution is -2.39. The maximum atomic E-state index is 5.38. The van der Waals surface area contributed by atoms with Gasteiger partial charge in [-0.05, 0) is 30.2 Å². The highest BCUT2D eigenvalue weighted by Crippen LogP contribution is 2.22. The summed E-state index contributed by atoms with van der Waals surface area (Å²) in [6.07, 6.45) is 1.43. The molecule has 4 nitrogen and oxygen atoms in total. The number of halogens is 1. The predicted molar refractivity (Wildman–Crippen MR) is 87.3 cm³/mol. The van der Waals surface area contributed by atoms with Crippen LogP contribution in [0, 0.1) is 5.41 Å². The van der Waals surface area contributed by atoms with Crippen LogP contribution >= 0.6 is 15.9 Å². The molecule has 0 aliphatic carbocycles. The second-order valence-electron chi connectivity index (χ2n) is 6.32. The molecule has 2 rings (SSSR count). The molecule has 21 heavy (non-hydrogen) atoms. The SMILES string of the molecule is CNC(Cc1nc(Cc2ccc(Br)cc2)no1)C(C)(C)C. The summed E-state index contributed by atoms with van der Waals surface area (Å²) in [5.41, 5.74) is 1.32. The van der Waals surface area contributed by atoms with Crippen molar-refractivity contribution >= 4 is 15.9 Å². The van der Waals surface area contributed by atoms with Gasteiger partial charge in [0, 0.05) is 23.4 Å². The second-order valence-corrected chi connectivity index (χ2v) is 7.23. The molecule has 0 bridgehead atoms. The largest absolute Gasteiger partial charge is 0.339 e. The van der Waals surface area contributed by atoms with E-state index >= 15 is 0 Å². The molecule has 1 heterocycles. The molecule has 5 heteroatoms. The first-order valence-electron chi connectivity index (χ1n) is 7.11. The molecule has 2 aromatic rings. The van der Waals surface area contributed by atoms with Crippen molar-refractivity contribution < 1.29 is 4.52 Å². The Kier molecular flexibility index (Phi) is 5.17. The van der Waals surface area contributed by atoms with Crippen LogP contribution in [0.4, 0.5) is 0 Å². The van der Waals surface area contributed by atoms with Crippen LogP contribution in [0.1, 0.15) is 38.0 Å². The Balaban J connectivity index is 2.02. The van der Waals surface area contributed by atoms with Crippen LogP contribution in [-0.2, 0) is 12.8 Å². The zero-order chi connectivity index (χ0) is 15.5. The van der Waals surface area contributed by atoms with Gasteiger partial charge in [-0.1, -0.05) is 54.0 Å². The van der Waals surface area contributed by atoms with Gasteiger partial charge < -0.3 is 9.84 Å². The molecule has 1 N–H and O–H groups in total. The van der Waals surface area contributed by atoms with E-state index < -0.39 is 0 Å². The fourth-order valence-electron chi connectivity index (χ4n) is 2.25. The minimum absolute atomic E-state index is 0.148. The fraction of sp³-hybridized carbons (Fsp3) is 0.500. The molecule has 114 valence electrons. The Morgan fingerprint density at radius 2 is 1.90 bits per heavy atom. The average Bonchev–Trinajstić information content (AvgIpc) is 2.85. The van der Waals surface area contributed by atoms with E-state index in [1.165, 1.54) is 5.56 Å². The molecular weight excluding hydrogens is 330 g/mol. The van der Waals surface area contributed by atoms with Gasteiger partial charge in [0.05, 0.1) is 0 Å². The summed E-state index contributed by atoms with van der Waals surface area (Å²) < 4.78 is 6.45. The Morgan fingerprint density at radius 3 is 2.48 bits per heavy atom. The summed E-state index contributed by atoms with van der Waals surface area (Å²) in [4.78, 5) is 4.50. The number of likely N-dealkylation sites (N-methyl/N-ethyl adjacent to an activating group) is 1. The van der Waals surface area contributed by atoms with Crippen LogP contribution in [0.2, 0.25) is 0 Å². The first-order valence-corrected chi connectivity index (χ1v) is 7.91. The third-order valence-corrected chi connectivity index (χ3v) is 4.09. The summed E-state index contributed by atoms with van der Waals surface area (Å²) >= 11 is 3.43. The molecule has 0 aliphatic rings. The Bertz CT molecular complexity index is 572. The summed E-state index contributed by atoms with van der Waals surface area (Å²) in [7, 11) is 1.97. The first-order chi connectivity index (χ1) is 9.88. The molecule has 1 aromatic carbocycles. The van der Waals surface area contributed by atoms with E-state index in [2.05, 4.69) is 64.3 Å². The normalized spacial score (nSPS) is 13.4. The van der Waals surface area contributed by atoms with E-state index in [1.54, 1.807) is 0 Å². The molecule has 0 spiro atoms. The lowest BCUT2D eigenvalue weighted by atomic mass is 9.85. The topological polar surface area (TPSA) is 51.0 Å². The molecule has 0 aliphatic heterocycles. The molecule has 1 aromatic heterocycles. The number of rotatable bonds is 5. The van der Waals surface area contributed by atoms with Gasteiger partial charge >= 0.3 is 0 Å². The Morgan fingerprint density at radius 1 is 1.24 bits per heavy atom. The van der Waals surface area contributed by atoms with Gasteiger partial charge in [-0.15, -0.1) is 0 Å². The van der Waals surface area contributed by atoms with Crippen LogP contribution in [0.15, 0.2) is 33.3 Å². The van der Waals surface area contributed by atoms with Gasteiger partial charge in [-0.25, -0.2) is 0 Å². The van der Waals surface area contributed by atoms with Crippen molar-refractivity contribution in [3.8, 4) is 0 Å². The molecule has 0 saturated carbocycles. The Hall–Kier alpha value is -1.20. The van der Waals surface area contributed by atoms with Crippen molar-refractivity contribution in [3.05, 3.63) is 46.0 Å². The summed E-state index contributed by atoms with van der Waals surface area (Å²) in [5, 5.41) is 7.40. The summed E-state index contributed by atoms with van der Waals surface area (Å²) in [5.74, 6) is 1.42. The molecule has 1 atom stereocenters. The van der Waals surface area contributed by atoms with E-state index in [9.17, 15) is 0 Å². The lowest BCUT2D eigenvalue weighted by Gasteiger charge is -2.29. The first kappa shape index (κ1) is 16.2. The number of nitrogens with one attached hydrogen (secondary N) is 1. The minimum atomic E-state index is 0.148. The molecule has 0 radical (unpaired) electrons. The van der Waals surface area contributed by atoms with Crippen LogP contribution in [0.25, 0.3) is 0 Å². The monoisotopic (exact) mass is 351 g/mol. The third kappa shape index (κ3) is 4.64. The van der Waals surface area contributed by atoms with Crippen LogP contribution in [-0.4, -0.2) is 23.2 Å². The summed E-state index contributed by atoms with van der Waals surface area (Å²) in [6, 6.07) is 8.47. The summed E-state index contributed by atoms with van der Waals surface area (Å²) in [6.45, 7) is 6.60. The van der Waals surface area contributed by atoms with Crippen molar-refractivity contribution in [1.29, 1.82) is 0 Å². The van der Waals surface area contributed by atoms with Crippen molar-refractivity contribution in [2.45, 2.75) is 39.7 Å². The number of benzene rings is 1. The van der Waals surface area contributed by atoms with E-state index in [4.69, 9.17) is 4.52 Å². The molecule has 0 saturated heterocycles. The molecular formula is C16H22BrN3O. The van der Waals surface area contributed by atoms with E-state index in [1.807, 2.05) is 19.2 Å². The average molecular weight is 352 g/mol. The van der Waals surface area contributed by atoms with Crippen LogP contribution in [0.3, 0.4) is 0 Å². The smallest absolute Gasteiger partial charge is 0.228 e. The maximum Gasteiger partial charge on any atom is 0.228 e. The van der Waals surface area contributed by atoms with Gasteiger partial charge in [0.2, 0.25) is 5.89 Å². The molecule has 1 unspecified atom stereocenters.